The molecule has 1 aromatic heterocycles. The van der Waals surface area contributed by atoms with Gasteiger partial charge in [0, 0.05) is 17.6 Å². The SMILES string of the molecule is COc1ccccc1C(=O)Nc1ccc(CCc2ccccn2)cc1. The third-order valence-corrected chi connectivity index (χ3v) is 3.96. The first kappa shape index (κ1) is 16.7. The quantitative estimate of drug-likeness (QED) is 0.738. The number of methoxy groups -OCH3 is 1. The molecule has 1 N–H and O–H groups in total. The average Bonchev–Trinajstić information content (AvgIpc) is 2.68. The lowest BCUT2D eigenvalue weighted by Crippen LogP contribution is -2.13. The van der Waals surface area contributed by atoms with Crippen LogP contribution in [0, 0.1) is 0 Å². The normalized spacial score (nSPS) is 10.3. The minimum atomic E-state index is -0.182. The van der Waals surface area contributed by atoms with Crippen molar-refractivity contribution in [2.75, 3.05) is 12.4 Å². The summed E-state index contributed by atoms with van der Waals surface area (Å²) in [4.78, 5) is 16.7. The molecule has 0 unspecified atom stereocenters. The molecule has 3 aromatic rings. The maximum Gasteiger partial charge on any atom is 0.259 e. The molecule has 3 rings (SSSR count). The van der Waals surface area contributed by atoms with Gasteiger partial charge in [-0.25, -0.2) is 0 Å². The van der Waals surface area contributed by atoms with Crippen LogP contribution in [-0.4, -0.2) is 18.0 Å². The summed E-state index contributed by atoms with van der Waals surface area (Å²) in [6.07, 6.45) is 3.62. The Balaban J connectivity index is 1.61. The van der Waals surface area contributed by atoms with Gasteiger partial charge in [-0.2, -0.15) is 0 Å². The van der Waals surface area contributed by atoms with E-state index in [1.165, 1.54) is 5.56 Å². The van der Waals surface area contributed by atoms with E-state index in [4.69, 9.17) is 4.74 Å². The summed E-state index contributed by atoms with van der Waals surface area (Å²) in [5, 5.41) is 2.90. The Morgan fingerprint density at radius 3 is 2.44 bits per heavy atom. The largest absolute Gasteiger partial charge is 0.496 e. The van der Waals surface area contributed by atoms with Crippen molar-refractivity contribution >= 4 is 11.6 Å². The second-order valence-electron chi connectivity index (χ2n) is 5.67. The molecule has 0 atom stereocenters. The number of aryl methyl sites for hydroxylation is 2. The average molecular weight is 332 g/mol. The number of para-hydroxylation sites is 1. The molecule has 1 heterocycles. The van der Waals surface area contributed by atoms with Crippen molar-refractivity contribution in [3.8, 4) is 5.75 Å². The molecule has 0 aliphatic heterocycles. The monoisotopic (exact) mass is 332 g/mol. The zero-order valence-corrected chi connectivity index (χ0v) is 14.1. The highest BCUT2D eigenvalue weighted by atomic mass is 16.5. The molecule has 2 aromatic carbocycles. The van der Waals surface area contributed by atoms with Crippen LogP contribution >= 0.6 is 0 Å². The number of aromatic nitrogens is 1. The van der Waals surface area contributed by atoms with Crippen LogP contribution < -0.4 is 10.1 Å². The molecule has 0 saturated carbocycles. The van der Waals surface area contributed by atoms with E-state index in [0.29, 0.717) is 11.3 Å². The van der Waals surface area contributed by atoms with E-state index in [0.717, 1.165) is 24.2 Å². The summed E-state index contributed by atoms with van der Waals surface area (Å²) in [6, 6.07) is 21.0. The second-order valence-corrected chi connectivity index (χ2v) is 5.67. The van der Waals surface area contributed by atoms with Gasteiger partial charge in [0.25, 0.3) is 5.91 Å². The number of nitrogens with zero attached hydrogens (tertiary/aromatic N) is 1. The predicted octanol–water partition coefficient (Wildman–Crippen LogP) is 4.13. The molecule has 0 saturated heterocycles. The molecule has 0 fully saturated rings. The lowest BCUT2D eigenvalue weighted by Gasteiger charge is -2.09. The van der Waals surface area contributed by atoms with Crippen molar-refractivity contribution in [3.63, 3.8) is 0 Å². The Kier molecular flexibility index (Phi) is 5.42. The van der Waals surface area contributed by atoms with Crippen molar-refractivity contribution < 1.29 is 9.53 Å². The molecule has 0 aliphatic carbocycles. The number of hydrogen-bond acceptors (Lipinski definition) is 3. The van der Waals surface area contributed by atoms with Gasteiger partial charge in [0.05, 0.1) is 12.7 Å². The molecular formula is C21H20N2O2. The fourth-order valence-corrected chi connectivity index (χ4v) is 2.60. The van der Waals surface area contributed by atoms with E-state index in [-0.39, 0.29) is 5.91 Å². The third kappa shape index (κ3) is 4.44. The van der Waals surface area contributed by atoms with E-state index in [1.807, 2.05) is 60.8 Å². The molecule has 0 radical (unpaired) electrons. The van der Waals surface area contributed by atoms with Gasteiger partial charge in [0.1, 0.15) is 5.75 Å². The summed E-state index contributed by atoms with van der Waals surface area (Å²) >= 11 is 0. The Morgan fingerprint density at radius 2 is 1.72 bits per heavy atom. The van der Waals surface area contributed by atoms with Crippen LogP contribution in [0.3, 0.4) is 0 Å². The van der Waals surface area contributed by atoms with E-state index in [1.54, 1.807) is 19.2 Å². The van der Waals surface area contributed by atoms with Crippen LogP contribution in [0.25, 0.3) is 0 Å². The van der Waals surface area contributed by atoms with Crippen molar-refractivity contribution in [3.05, 3.63) is 89.7 Å². The molecule has 4 heteroatoms. The maximum atomic E-state index is 12.4. The summed E-state index contributed by atoms with van der Waals surface area (Å²) in [7, 11) is 1.56. The molecule has 0 aliphatic rings. The Morgan fingerprint density at radius 1 is 0.960 bits per heavy atom. The highest BCUT2D eigenvalue weighted by molar-refractivity contribution is 6.06. The van der Waals surface area contributed by atoms with Gasteiger partial charge in [-0.05, 0) is 54.8 Å². The van der Waals surface area contributed by atoms with Gasteiger partial charge in [-0.15, -0.1) is 0 Å². The van der Waals surface area contributed by atoms with Crippen LogP contribution in [0.1, 0.15) is 21.6 Å². The molecule has 4 nitrogen and oxygen atoms in total. The van der Waals surface area contributed by atoms with Gasteiger partial charge in [0.15, 0.2) is 0 Å². The van der Waals surface area contributed by atoms with Crippen LogP contribution in [0.15, 0.2) is 72.9 Å². The molecule has 0 spiro atoms. The highest BCUT2D eigenvalue weighted by Crippen LogP contribution is 2.19. The highest BCUT2D eigenvalue weighted by Gasteiger charge is 2.11. The topological polar surface area (TPSA) is 51.2 Å². The van der Waals surface area contributed by atoms with E-state index < -0.39 is 0 Å². The van der Waals surface area contributed by atoms with E-state index >= 15 is 0 Å². The fraction of sp³-hybridized carbons (Fsp3) is 0.143. The maximum absolute atomic E-state index is 12.4. The number of amides is 1. The third-order valence-electron chi connectivity index (χ3n) is 3.96. The summed E-state index contributed by atoms with van der Waals surface area (Å²) in [5.41, 5.74) is 3.57. The number of pyridine rings is 1. The minimum absolute atomic E-state index is 0.182. The number of benzene rings is 2. The fourth-order valence-electron chi connectivity index (χ4n) is 2.60. The number of nitrogens with one attached hydrogen (secondary N) is 1. The minimum Gasteiger partial charge on any atom is -0.496 e. The number of hydrogen-bond donors (Lipinski definition) is 1. The number of ether oxygens (including phenoxy) is 1. The van der Waals surface area contributed by atoms with Gasteiger partial charge in [-0.1, -0.05) is 30.3 Å². The van der Waals surface area contributed by atoms with Crippen LogP contribution in [-0.2, 0) is 12.8 Å². The second kappa shape index (κ2) is 8.11. The van der Waals surface area contributed by atoms with Crippen molar-refractivity contribution in [2.45, 2.75) is 12.8 Å². The summed E-state index contributed by atoms with van der Waals surface area (Å²) in [6.45, 7) is 0. The van der Waals surface area contributed by atoms with Crippen molar-refractivity contribution in [1.29, 1.82) is 0 Å². The van der Waals surface area contributed by atoms with Gasteiger partial charge >= 0.3 is 0 Å². The lowest BCUT2D eigenvalue weighted by atomic mass is 10.1. The van der Waals surface area contributed by atoms with E-state index in [2.05, 4.69) is 10.3 Å². The predicted molar refractivity (Wildman–Crippen MR) is 99.0 cm³/mol. The number of carbonyl (C=O) groups excluding carboxylic acids is 1. The van der Waals surface area contributed by atoms with Gasteiger partial charge in [-0.3, -0.25) is 9.78 Å². The van der Waals surface area contributed by atoms with E-state index in [9.17, 15) is 4.79 Å². The molecule has 0 bridgehead atoms. The number of anilines is 1. The number of carbonyl (C=O) groups is 1. The molecule has 1 amide bonds. The zero-order valence-electron chi connectivity index (χ0n) is 14.1. The first-order chi connectivity index (χ1) is 12.3. The van der Waals surface area contributed by atoms with Gasteiger partial charge in [0.2, 0.25) is 0 Å². The molecular weight excluding hydrogens is 312 g/mol. The summed E-state index contributed by atoms with van der Waals surface area (Å²) < 4.78 is 5.23. The van der Waals surface area contributed by atoms with Crippen molar-refractivity contribution in [1.82, 2.24) is 4.98 Å². The first-order valence-corrected chi connectivity index (χ1v) is 8.19. The van der Waals surface area contributed by atoms with Crippen molar-refractivity contribution in [2.24, 2.45) is 0 Å². The first-order valence-electron chi connectivity index (χ1n) is 8.19. The Bertz CT molecular complexity index is 830. The lowest BCUT2D eigenvalue weighted by molar-refractivity contribution is 0.102. The van der Waals surface area contributed by atoms with Gasteiger partial charge < -0.3 is 10.1 Å². The Labute approximate surface area is 147 Å². The smallest absolute Gasteiger partial charge is 0.259 e. The molecule has 126 valence electrons. The zero-order chi connectivity index (χ0) is 17.5. The number of rotatable bonds is 6. The van der Waals surface area contributed by atoms with Crippen LogP contribution in [0.4, 0.5) is 5.69 Å². The molecule has 25 heavy (non-hydrogen) atoms. The Hall–Kier alpha value is -3.14. The summed E-state index contributed by atoms with van der Waals surface area (Å²) in [5.74, 6) is 0.380. The van der Waals surface area contributed by atoms with Crippen LogP contribution in [0.2, 0.25) is 0 Å². The standard InChI is InChI=1S/C21H20N2O2/c1-25-20-8-3-2-7-19(20)21(24)23-18-13-10-16(11-14-18)9-12-17-6-4-5-15-22-17/h2-8,10-11,13-15H,9,12H2,1H3,(H,23,24). The van der Waals surface area contributed by atoms with Crippen LogP contribution in [0.5, 0.6) is 5.75 Å².